The lowest BCUT2D eigenvalue weighted by Gasteiger charge is -2.33. The zero-order valence-electron chi connectivity index (χ0n) is 26.5. The Balaban J connectivity index is 1.83. The van der Waals surface area contributed by atoms with Gasteiger partial charge in [-0.05, 0) is 44.9 Å². The highest BCUT2D eigenvalue weighted by Crippen LogP contribution is 2.28. The molecule has 2 aliphatic heterocycles. The molecule has 0 aromatic carbocycles. The van der Waals surface area contributed by atoms with Crippen molar-refractivity contribution in [2.45, 2.75) is 116 Å². The number of hydrogen-bond acceptors (Lipinski definition) is 8. The smallest absolute Gasteiger partial charge is 0.243 e. The third-order valence-corrected chi connectivity index (χ3v) is 8.93. The van der Waals surface area contributed by atoms with Gasteiger partial charge in [-0.3, -0.25) is 29.0 Å². The minimum atomic E-state index is -1.27. The average Bonchev–Trinajstić information content (AvgIpc) is 3.50. The molecule has 0 bridgehead atoms. The van der Waals surface area contributed by atoms with Crippen LogP contribution in [0.4, 0.5) is 0 Å². The van der Waals surface area contributed by atoms with Gasteiger partial charge in [0.2, 0.25) is 23.6 Å². The highest BCUT2D eigenvalue weighted by molar-refractivity contribution is 5.97. The van der Waals surface area contributed by atoms with Crippen LogP contribution in [0.2, 0.25) is 0 Å². The Labute approximate surface area is 256 Å². The van der Waals surface area contributed by atoms with E-state index in [-0.39, 0.29) is 48.8 Å². The van der Waals surface area contributed by atoms with Gasteiger partial charge in [-0.25, -0.2) is 0 Å². The van der Waals surface area contributed by atoms with Crippen molar-refractivity contribution in [3.05, 3.63) is 0 Å². The number of nitrogens with zero attached hydrogens (tertiary/aromatic N) is 1. The molecule has 0 aromatic heterocycles. The first-order valence-electron chi connectivity index (χ1n) is 16.3. The first-order chi connectivity index (χ1) is 20.5. The van der Waals surface area contributed by atoms with Crippen LogP contribution in [0.15, 0.2) is 4.99 Å². The average molecular weight is 604 g/mol. The van der Waals surface area contributed by atoms with Crippen LogP contribution < -0.4 is 31.9 Å². The van der Waals surface area contributed by atoms with Gasteiger partial charge in [-0.15, -0.1) is 0 Å². The summed E-state index contributed by atoms with van der Waals surface area (Å²) in [5.41, 5.74) is -1.27. The van der Waals surface area contributed by atoms with Crippen molar-refractivity contribution in [3.8, 4) is 0 Å². The molecular weight excluding hydrogens is 550 g/mol. The molecular formula is C31H53N7O5. The second-order valence-corrected chi connectivity index (χ2v) is 12.8. The van der Waals surface area contributed by atoms with Crippen LogP contribution in [0.25, 0.3) is 0 Å². The van der Waals surface area contributed by atoms with Crippen molar-refractivity contribution in [2.24, 2.45) is 22.7 Å². The Morgan fingerprint density at radius 1 is 0.977 bits per heavy atom. The van der Waals surface area contributed by atoms with E-state index in [1.54, 1.807) is 20.8 Å². The van der Waals surface area contributed by atoms with Crippen molar-refractivity contribution in [1.82, 2.24) is 31.9 Å². The van der Waals surface area contributed by atoms with Gasteiger partial charge in [0.05, 0.1) is 12.1 Å². The Morgan fingerprint density at radius 2 is 1.70 bits per heavy atom. The summed E-state index contributed by atoms with van der Waals surface area (Å²) < 4.78 is 0. The van der Waals surface area contributed by atoms with E-state index >= 15 is 0 Å². The van der Waals surface area contributed by atoms with Crippen LogP contribution in [0.5, 0.6) is 0 Å². The summed E-state index contributed by atoms with van der Waals surface area (Å²) >= 11 is 0. The highest BCUT2D eigenvalue weighted by atomic mass is 16.2. The Kier molecular flexibility index (Phi) is 13.3. The van der Waals surface area contributed by atoms with Gasteiger partial charge in [-0.2, -0.15) is 0 Å². The second-order valence-electron chi connectivity index (χ2n) is 12.8. The van der Waals surface area contributed by atoms with Crippen molar-refractivity contribution in [1.29, 1.82) is 0 Å². The minimum Gasteiger partial charge on any atom is -0.356 e. The minimum absolute atomic E-state index is 0.101. The van der Waals surface area contributed by atoms with E-state index < -0.39 is 29.4 Å². The normalized spacial score (nSPS) is 28.2. The van der Waals surface area contributed by atoms with Gasteiger partial charge >= 0.3 is 0 Å². The van der Waals surface area contributed by atoms with Gasteiger partial charge in [0.1, 0.15) is 12.1 Å². The molecule has 0 aromatic rings. The number of rotatable bonds is 9. The first kappa shape index (κ1) is 34.3. The Bertz CT molecular complexity index is 1030. The lowest BCUT2D eigenvalue weighted by molar-refractivity contribution is -0.137. The lowest BCUT2D eigenvalue weighted by Crippen LogP contribution is -2.58. The predicted molar refractivity (Wildman–Crippen MR) is 165 cm³/mol. The fourth-order valence-corrected chi connectivity index (χ4v) is 6.00. The van der Waals surface area contributed by atoms with E-state index in [0.717, 1.165) is 38.2 Å². The Morgan fingerprint density at radius 3 is 2.35 bits per heavy atom. The van der Waals surface area contributed by atoms with E-state index in [0.29, 0.717) is 44.7 Å². The number of aliphatic imine (C=N–C) groups is 1. The van der Waals surface area contributed by atoms with Crippen molar-refractivity contribution in [3.63, 3.8) is 0 Å². The number of guanidine groups is 1. The number of amides is 4. The third-order valence-electron chi connectivity index (χ3n) is 8.93. The van der Waals surface area contributed by atoms with Crippen LogP contribution in [0.3, 0.4) is 0 Å². The molecule has 6 N–H and O–H groups in total. The molecule has 12 nitrogen and oxygen atoms in total. The van der Waals surface area contributed by atoms with Crippen LogP contribution in [0.1, 0.15) is 98.3 Å². The van der Waals surface area contributed by atoms with Gasteiger partial charge < -0.3 is 31.9 Å². The van der Waals surface area contributed by atoms with Crippen LogP contribution in [0, 0.1) is 17.8 Å². The summed E-state index contributed by atoms with van der Waals surface area (Å²) in [5, 5.41) is 18.0. The van der Waals surface area contributed by atoms with Crippen molar-refractivity contribution in [2.75, 3.05) is 26.2 Å². The molecule has 1 saturated heterocycles. The molecule has 12 heteroatoms. The number of carbonyl (C=O) groups is 5. The number of ketones is 1. The van der Waals surface area contributed by atoms with E-state index in [4.69, 9.17) is 0 Å². The largest absolute Gasteiger partial charge is 0.356 e. The molecule has 4 atom stereocenters. The molecule has 4 amide bonds. The number of carbonyl (C=O) groups excluding carboxylic acids is 5. The van der Waals surface area contributed by atoms with Crippen molar-refractivity contribution < 1.29 is 24.0 Å². The topological polar surface area (TPSA) is 170 Å². The van der Waals surface area contributed by atoms with Crippen LogP contribution in [-0.4, -0.2) is 79.2 Å². The summed E-state index contributed by atoms with van der Waals surface area (Å²) in [7, 11) is 0. The molecule has 1 aliphatic carbocycles. The summed E-state index contributed by atoms with van der Waals surface area (Å²) in [6.07, 6.45) is 7.37. The molecule has 2 fully saturated rings. The maximum atomic E-state index is 13.9. The zero-order valence-corrected chi connectivity index (χ0v) is 26.5. The Hall–Kier alpha value is -3.18. The number of hydrogen-bond donors (Lipinski definition) is 6. The third kappa shape index (κ3) is 10.5. The van der Waals surface area contributed by atoms with Crippen molar-refractivity contribution >= 4 is 35.4 Å². The van der Waals surface area contributed by atoms with E-state index in [9.17, 15) is 24.0 Å². The molecule has 0 radical (unpaired) electrons. The standard InChI is InChI=1S/C31H53N7O5/c1-5-23-29(43)37-24(18-21-10-7-6-8-11-21)28(42)32-15-13-31(4,38-26(40)20(2)3)25(39)19-22(27(41)36-23)12-9-14-33-30-34-16-17-35-30/h20-24H,5-19H2,1-4H3,(H,32,42)(H,36,41)(H,37,43)(H,38,40)(H2,33,34,35)/t22-,23+,24-,31-/m1/s1. The second kappa shape index (κ2) is 16.6. The maximum absolute atomic E-state index is 13.9. The summed E-state index contributed by atoms with van der Waals surface area (Å²) in [4.78, 5) is 71.3. The van der Waals surface area contributed by atoms with E-state index in [1.165, 1.54) is 6.42 Å². The first-order valence-corrected chi connectivity index (χ1v) is 16.3. The lowest BCUT2D eigenvalue weighted by atomic mass is 9.83. The fraction of sp³-hybridized carbons (Fsp3) is 0.806. The molecule has 1 saturated carbocycles. The monoisotopic (exact) mass is 603 g/mol. The molecule has 0 spiro atoms. The molecule has 242 valence electrons. The number of Topliss-reactive ketones (excluding diaryl/α,β-unsaturated/α-hetero) is 1. The van der Waals surface area contributed by atoms with Crippen LogP contribution >= 0.6 is 0 Å². The van der Waals surface area contributed by atoms with Gasteiger partial charge in [0.25, 0.3) is 0 Å². The summed E-state index contributed by atoms with van der Waals surface area (Å²) in [6, 6.07) is -1.58. The van der Waals surface area contributed by atoms with Gasteiger partial charge in [-0.1, -0.05) is 52.9 Å². The predicted octanol–water partition coefficient (Wildman–Crippen LogP) is 1.29. The molecule has 2 heterocycles. The zero-order chi connectivity index (χ0) is 31.4. The van der Waals surface area contributed by atoms with Crippen LogP contribution in [-0.2, 0) is 24.0 Å². The van der Waals surface area contributed by atoms with Gasteiger partial charge in [0, 0.05) is 37.9 Å². The highest BCUT2D eigenvalue weighted by Gasteiger charge is 2.39. The summed E-state index contributed by atoms with van der Waals surface area (Å²) in [6.45, 7) is 9.19. The van der Waals surface area contributed by atoms with Gasteiger partial charge in [0.15, 0.2) is 11.7 Å². The summed E-state index contributed by atoms with van der Waals surface area (Å²) in [5.74, 6) is -1.61. The molecule has 43 heavy (non-hydrogen) atoms. The van der Waals surface area contributed by atoms with E-state index in [1.807, 2.05) is 6.92 Å². The molecule has 3 aliphatic rings. The molecule has 0 unspecified atom stereocenters. The fourth-order valence-electron chi connectivity index (χ4n) is 6.00. The SMILES string of the molecule is CC[C@@H]1NC(=O)[C@H](CCCNC2=NCCN2)CC(=O)[C@](C)(NC(=O)C(C)C)CCNC(=O)[C@@H](CC2CCCCC2)NC1=O. The maximum Gasteiger partial charge on any atom is 0.243 e. The molecule has 3 rings (SSSR count). The van der Waals surface area contributed by atoms with E-state index in [2.05, 4.69) is 36.9 Å². The quantitative estimate of drug-likeness (QED) is 0.216. The number of nitrogens with one attached hydrogen (secondary N) is 6.